The monoisotopic (exact) mass is 639 g/mol. The average molecular weight is 640 g/mol. The van der Waals surface area contributed by atoms with Gasteiger partial charge in [0, 0.05) is 23.8 Å². The number of unbranched alkanes of at least 4 members (excludes halogenated alkanes) is 9. The summed E-state index contributed by atoms with van der Waals surface area (Å²) in [5.74, 6) is 1.87. The Morgan fingerprint density at radius 3 is 1.60 bits per heavy atom. The first-order chi connectivity index (χ1) is 22.7. The van der Waals surface area contributed by atoms with Crippen LogP contribution in [0.5, 0.6) is 11.5 Å². The zero-order valence-corrected chi connectivity index (χ0v) is 29.0. The molecule has 2 N–H and O–H groups in total. The number of nitrogens with zero attached hydrogens (tertiary/aromatic N) is 3. The lowest BCUT2D eigenvalue weighted by molar-refractivity contribution is 0.0109. The Labute approximate surface area is 281 Å². The van der Waals surface area contributed by atoms with E-state index in [-0.39, 0.29) is 19.0 Å². The number of ether oxygens (including phenoxy) is 2. The molecule has 1 heterocycles. The van der Waals surface area contributed by atoms with Gasteiger partial charge in [0.1, 0.15) is 24.2 Å². The summed E-state index contributed by atoms with van der Waals surface area (Å²) in [6, 6.07) is 17.5. The minimum absolute atomic E-state index is 0.0156. The molecule has 0 saturated heterocycles. The highest BCUT2D eigenvalue weighted by atomic mass is 16.5. The lowest BCUT2D eigenvalue weighted by Crippen LogP contribution is -2.23. The first kappa shape index (κ1) is 36.0. The smallest absolute Gasteiger partial charge is 0.167 e. The van der Waals surface area contributed by atoms with Crippen LogP contribution in [0.1, 0.15) is 93.4 Å². The van der Waals surface area contributed by atoms with Gasteiger partial charge < -0.3 is 19.7 Å². The number of aliphatic hydroxyl groups is 1. The molecule has 7 nitrogen and oxygen atoms in total. The number of benzene rings is 3. The van der Waals surface area contributed by atoms with Gasteiger partial charge in [-0.1, -0.05) is 99.1 Å². The van der Waals surface area contributed by atoms with Crippen molar-refractivity contribution in [3.8, 4) is 45.7 Å². The van der Waals surface area contributed by atoms with Gasteiger partial charge in [0.25, 0.3) is 0 Å². The number of aryl methyl sites for hydroxylation is 4. The van der Waals surface area contributed by atoms with Crippen LogP contribution in [0.25, 0.3) is 34.2 Å². The predicted molar refractivity (Wildman–Crippen MR) is 191 cm³/mol. The Hall–Kier alpha value is -3.81. The topological polar surface area (TPSA) is 97.6 Å². The van der Waals surface area contributed by atoms with Gasteiger partial charge in [0.2, 0.25) is 0 Å². The maximum atomic E-state index is 11.1. The van der Waals surface area contributed by atoms with E-state index in [1.165, 1.54) is 57.4 Å². The van der Waals surface area contributed by atoms with Gasteiger partial charge in [-0.05, 0) is 70.5 Å². The zero-order valence-electron chi connectivity index (χ0n) is 29.0. The maximum absolute atomic E-state index is 11.1. The van der Waals surface area contributed by atoms with Crippen molar-refractivity contribution >= 4 is 0 Å². The van der Waals surface area contributed by atoms with Crippen molar-refractivity contribution in [2.75, 3.05) is 19.8 Å². The maximum Gasteiger partial charge on any atom is 0.167 e. The van der Waals surface area contributed by atoms with Gasteiger partial charge in [0.15, 0.2) is 17.5 Å². The zero-order chi connectivity index (χ0) is 33.6. The molecule has 0 aliphatic heterocycles. The predicted octanol–water partition coefficient (Wildman–Crippen LogP) is 9.49. The van der Waals surface area contributed by atoms with E-state index in [2.05, 4.69) is 71.0 Å². The molecule has 1 atom stereocenters. The second kappa shape index (κ2) is 18.5. The van der Waals surface area contributed by atoms with E-state index in [9.17, 15) is 10.2 Å². The second-order valence-corrected chi connectivity index (χ2v) is 13.0. The van der Waals surface area contributed by atoms with Gasteiger partial charge in [0.05, 0.1) is 12.2 Å². The van der Waals surface area contributed by atoms with Crippen LogP contribution in [0.4, 0.5) is 0 Å². The largest absolute Gasteiger partial charge is 0.507 e. The number of phenols is 1. The Kier molecular flexibility index (Phi) is 14.2. The summed E-state index contributed by atoms with van der Waals surface area (Å²) in [5, 5.41) is 21.5. The first-order valence-electron chi connectivity index (χ1n) is 17.4. The Morgan fingerprint density at radius 2 is 1.09 bits per heavy atom. The molecule has 0 fully saturated rings. The molecule has 4 aromatic rings. The van der Waals surface area contributed by atoms with E-state index < -0.39 is 6.10 Å². The Bertz CT molecular complexity index is 1460. The molecule has 3 aromatic carbocycles. The van der Waals surface area contributed by atoms with Crippen molar-refractivity contribution in [2.45, 2.75) is 105 Å². The SMILES string of the molecule is CCCCCCCCCCCCOCC(O)COc1ccc(-c2nc(-c3cc(C)cc(C)c3)nc(-c3cc(C)cc(C)c3)n2)c(O)c1. The number of aromatic nitrogens is 3. The average Bonchev–Trinajstić information content (AvgIpc) is 3.03. The number of rotatable bonds is 19. The molecular weight excluding hydrogens is 586 g/mol. The quantitative estimate of drug-likeness (QED) is 0.0986. The van der Waals surface area contributed by atoms with Gasteiger partial charge in [-0.15, -0.1) is 0 Å². The van der Waals surface area contributed by atoms with Crippen molar-refractivity contribution in [3.63, 3.8) is 0 Å². The minimum Gasteiger partial charge on any atom is -0.507 e. The van der Waals surface area contributed by atoms with Crippen molar-refractivity contribution in [1.29, 1.82) is 0 Å². The fourth-order valence-corrected chi connectivity index (χ4v) is 5.90. The van der Waals surface area contributed by atoms with E-state index in [1.807, 2.05) is 0 Å². The van der Waals surface area contributed by atoms with E-state index in [4.69, 9.17) is 24.4 Å². The van der Waals surface area contributed by atoms with Gasteiger partial charge in [-0.25, -0.2) is 15.0 Å². The number of aromatic hydroxyl groups is 1. The first-order valence-corrected chi connectivity index (χ1v) is 17.4. The summed E-state index contributed by atoms with van der Waals surface area (Å²) in [4.78, 5) is 14.4. The normalized spacial score (nSPS) is 12.0. The van der Waals surface area contributed by atoms with Crippen LogP contribution < -0.4 is 4.74 Å². The van der Waals surface area contributed by atoms with Crippen LogP contribution in [0, 0.1) is 27.7 Å². The molecular formula is C40H53N3O4. The fourth-order valence-electron chi connectivity index (χ4n) is 5.90. The highest BCUT2D eigenvalue weighted by molar-refractivity contribution is 5.71. The molecule has 0 aliphatic carbocycles. The summed E-state index contributed by atoms with van der Waals surface area (Å²) in [6.45, 7) is 11.4. The van der Waals surface area contributed by atoms with Gasteiger partial charge in [-0.2, -0.15) is 0 Å². The third-order valence-electron chi connectivity index (χ3n) is 8.20. The highest BCUT2D eigenvalue weighted by Crippen LogP contribution is 2.33. The van der Waals surface area contributed by atoms with Crippen molar-refractivity contribution < 1.29 is 19.7 Å². The third kappa shape index (κ3) is 11.7. The summed E-state index contributed by atoms with van der Waals surface area (Å²) < 4.78 is 11.5. The molecule has 1 aromatic heterocycles. The molecule has 0 amide bonds. The minimum atomic E-state index is -0.760. The van der Waals surface area contributed by atoms with Crippen molar-refractivity contribution in [2.24, 2.45) is 0 Å². The third-order valence-corrected chi connectivity index (χ3v) is 8.20. The molecule has 0 spiro atoms. The van der Waals surface area contributed by atoms with Crippen LogP contribution in [-0.2, 0) is 4.74 Å². The van der Waals surface area contributed by atoms with Crippen LogP contribution in [0.2, 0.25) is 0 Å². The number of hydrogen-bond acceptors (Lipinski definition) is 7. The van der Waals surface area contributed by atoms with Gasteiger partial charge >= 0.3 is 0 Å². The van der Waals surface area contributed by atoms with Crippen LogP contribution in [0.15, 0.2) is 54.6 Å². The van der Waals surface area contributed by atoms with Crippen molar-refractivity contribution in [3.05, 3.63) is 76.9 Å². The summed E-state index contributed by atoms with van der Waals surface area (Å²) in [5.41, 5.74) is 6.71. The van der Waals surface area contributed by atoms with Crippen LogP contribution in [0.3, 0.4) is 0 Å². The molecule has 7 heteroatoms. The molecule has 0 saturated carbocycles. The van der Waals surface area contributed by atoms with E-state index in [0.29, 0.717) is 35.4 Å². The molecule has 1 unspecified atom stereocenters. The summed E-state index contributed by atoms with van der Waals surface area (Å²) in [6.07, 6.45) is 12.0. The Balaban J connectivity index is 1.34. The number of phenolic OH excluding ortho intramolecular Hbond substituents is 1. The molecule has 0 aliphatic rings. The molecule has 0 bridgehead atoms. The second-order valence-electron chi connectivity index (χ2n) is 13.0. The molecule has 252 valence electrons. The van der Waals surface area contributed by atoms with E-state index >= 15 is 0 Å². The van der Waals surface area contributed by atoms with Gasteiger partial charge in [-0.3, -0.25) is 0 Å². The highest BCUT2D eigenvalue weighted by Gasteiger charge is 2.17. The number of hydrogen-bond donors (Lipinski definition) is 2. The Morgan fingerprint density at radius 1 is 0.596 bits per heavy atom. The van der Waals surface area contributed by atoms with Crippen LogP contribution >= 0.6 is 0 Å². The molecule has 4 rings (SSSR count). The van der Waals surface area contributed by atoms with Crippen LogP contribution in [-0.4, -0.2) is 51.1 Å². The molecule has 47 heavy (non-hydrogen) atoms. The lowest BCUT2D eigenvalue weighted by atomic mass is 10.1. The van der Waals surface area contributed by atoms with E-state index in [0.717, 1.165) is 46.2 Å². The summed E-state index contributed by atoms with van der Waals surface area (Å²) in [7, 11) is 0. The standard InChI is InChI=1S/C40H53N3O4/c1-6-7-8-9-10-11-12-13-14-15-18-46-26-34(44)27-47-35-16-17-36(37(45)25-35)40-42-38(32-21-28(2)19-29(3)22-32)41-39(43-40)33-23-30(4)20-31(5)24-33/h16-17,19-25,34,44-45H,6-15,18,26-27H2,1-5H3. The lowest BCUT2D eigenvalue weighted by Gasteiger charge is -2.14. The number of aliphatic hydroxyl groups excluding tert-OH is 1. The fraction of sp³-hybridized carbons (Fsp3) is 0.475. The molecule has 0 radical (unpaired) electrons. The van der Waals surface area contributed by atoms with E-state index in [1.54, 1.807) is 12.1 Å². The summed E-state index contributed by atoms with van der Waals surface area (Å²) >= 11 is 0. The van der Waals surface area contributed by atoms with Crippen molar-refractivity contribution in [1.82, 2.24) is 15.0 Å².